The number of rotatable bonds is 9. The number of nitrogens with zero attached hydrogens (tertiary/aromatic N) is 6. The van der Waals surface area contributed by atoms with Crippen LogP contribution in [0.4, 0.5) is 26.3 Å². The molecule has 1 saturated heterocycles. The fraction of sp³-hybridized carbons (Fsp3) is 0.457. The number of amides is 2. The molecule has 6 aliphatic carbocycles. The van der Waals surface area contributed by atoms with E-state index in [0.717, 1.165) is 83.2 Å². The lowest BCUT2D eigenvalue weighted by atomic mass is 9.56. The normalized spacial score (nSPS) is 30.2. The third kappa shape index (κ3) is 15.4. The molecule has 7 fully saturated rings. The molecule has 19 heteroatoms. The number of allylic oxidation sites excluding steroid dienone is 3. The summed E-state index contributed by atoms with van der Waals surface area (Å²) in [6.45, 7) is 6.08. The molecular formula is C81H85Cl2F6N7O4. The highest BCUT2D eigenvalue weighted by Gasteiger charge is 2.54. The number of nitrogens with one attached hydrogen (secondary N) is 1. The van der Waals surface area contributed by atoms with Gasteiger partial charge in [-0.25, -0.2) is 10.4 Å². The van der Waals surface area contributed by atoms with Gasteiger partial charge in [0.25, 0.3) is 0 Å². The summed E-state index contributed by atoms with van der Waals surface area (Å²) in [6, 6.07) is 27.4. The molecule has 524 valence electrons. The fourth-order valence-electron chi connectivity index (χ4n) is 18.8. The minimum absolute atomic E-state index is 0.0204. The van der Waals surface area contributed by atoms with Crippen LogP contribution in [0, 0.1) is 88.8 Å². The van der Waals surface area contributed by atoms with Gasteiger partial charge in [-0.05, 0) is 196 Å². The molecule has 11 nitrogen and oxygen atoms in total. The third-order valence-corrected chi connectivity index (χ3v) is 24.1. The van der Waals surface area contributed by atoms with Crippen LogP contribution < -0.4 is 5.43 Å². The largest absolute Gasteiger partial charge is 0.462 e. The number of carbonyl (C=O) groups excluding carboxylic acids is 3. The highest BCUT2D eigenvalue weighted by Crippen LogP contribution is 2.55. The molecule has 6 heterocycles. The van der Waals surface area contributed by atoms with Gasteiger partial charge in [0.05, 0.1) is 34.1 Å². The van der Waals surface area contributed by atoms with E-state index in [9.17, 15) is 40.7 Å². The van der Waals surface area contributed by atoms with Crippen LogP contribution in [0.1, 0.15) is 145 Å². The number of hydrogen-bond acceptors (Lipinski definition) is 9. The quantitative estimate of drug-likeness (QED) is 0.112. The van der Waals surface area contributed by atoms with Gasteiger partial charge < -0.3 is 4.74 Å². The number of carbonyl (C=O) groups is 3. The Morgan fingerprint density at radius 3 is 1.52 bits per heavy atom. The maximum atomic E-state index is 13.1. The number of alkyl halides is 6. The zero-order chi connectivity index (χ0) is 70.1. The summed E-state index contributed by atoms with van der Waals surface area (Å²) in [6.07, 6.45) is 26.8. The van der Waals surface area contributed by atoms with Gasteiger partial charge in [-0.2, -0.15) is 36.5 Å². The molecule has 6 saturated carbocycles. The minimum Gasteiger partial charge on any atom is -0.462 e. The molecule has 3 aliphatic heterocycles. The molecule has 0 bridgehead atoms. The first-order valence-electron chi connectivity index (χ1n) is 35.6. The summed E-state index contributed by atoms with van der Waals surface area (Å²) in [5.41, 5.74) is 9.85. The summed E-state index contributed by atoms with van der Waals surface area (Å²) in [5, 5.41) is 11.6. The molecule has 0 radical (unpaired) electrons. The first kappa shape index (κ1) is 70.7. The lowest BCUT2D eigenvalue weighted by Crippen LogP contribution is -2.51. The average Bonchev–Trinajstić information content (AvgIpc) is 0.976. The number of aromatic nitrogens is 3. The molecule has 3 aromatic carbocycles. The summed E-state index contributed by atoms with van der Waals surface area (Å²) < 4.78 is 84.2. The second kappa shape index (κ2) is 30.1. The summed E-state index contributed by atoms with van der Waals surface area (Å²) in [5.74, 6) is 4.85. The second-order valence-electron chi connectivity index (χ2n) is 29.3. The number of benzene rings is 3. The number of halogens is 8. The Labute approximate surface area is 591 Å². The van der Waals surface area contributed by atoms with E-state index in [1.54, 1.807) is 55.8 Å². The van der Waals surface area contributed by atoms with Crippen molar-refractivity contribution in [3.63, 3.8) is 0 Å². The predicted molar refractivity (Wildman–Crippen MR) is 380 cm³/mol. The van der Waals surface area contributed by atoms with Crippen LogP contribution >= 0.6 is 23.2 Å². The van der Waals surface area contributed by atoms with E-state index >= 15 is 0 Å². The molecule has 2 amide bonds. The molecule has 3 aromatic heterocycles. The van der Waals surface area contributed by atoms with Crippen LogP contribution in [-0.2, 0) is 31.5 Å². The smallest absolute Gasteiger partial charge is 0.416 e. The van der Waals surface area contributed by atoms with Gasteiger partial charge in [0.15, 0.2) is 0 Å². The van der Waals surface area contributed by atoms with Gasteiger partial charge in [0, 0.05) is 99.0 Å². The van der Waals surface area contributed by atoms with Crippen LogP contribution in [0.5, 0.6) is 0 Å². The molecule has 6 aromatic rings. The molecule has 15 rings (SSSR count). The first-order valence-corrected chi connectivity index (χ1v) is 36.4. The van der Waals surface area contributed by atoms with E-state index in [1.165, 1.54) is 94.2 Å². The van der Waals surface area contributed by atoms with E-state index in [1.807, 2.05) is 69.5 Å². The number of ether oxygens (including phenoxy) is 1. The minimum atomic E-state index is -4.38. The third-order valence-electron chi connectivity index (χ3n) is 23.5. The van der Waals surface area contributed by atoms with Crippen molar-refractivity contribution in [1.82, 2.24) is 25.4 Å². The summed E-state index contributed by atoms with van der Waals surface area (Å²) in [7, 11) is 1.75. The van der Waals surface area contributed by atoms with Gasteiger partial charge in [0.2, 0.25) is 11.8 Å². The molecule has 9 aliphatic rings. The van der Waals surface area contributed by atoms with E-state index in [2.05, 4.69) is 54.9 Å². The van der Waals surface area contributed by atoms with E-state index in [0.29, 0.717) is 73.7 Å². The van der Waals surface area contributed by atoms with Crippen molar-refractivity contribution in [3.8, 4) is 33.4 Å². The molecule has 0 spiro atoms. The van der Waals surface area contributed by atoms with E-state index in [4.69, 9.17) is 27.9 Å². The zero-order valence-corrected chi connectivity index (χ0v) is 58.2. The van der Waals surface area contributed by atoms with Crippen molar-refractivity contribution in [1.29, 1.82) is 0 Å². The lowest BCUT2D eigenvalue weighted by Gasteiger charge is -2.50. The zero-order valence-electron chi connectivity index (χ0n) is 56.7. The van der Waals surface area contributed by atoms with Crippen LogP contribution in [0.2, 0.25) is 10.0 Å². The number of pyridine rings is 3. The maximum absolute atomic E-state index is 13.1. The topological polar surface area (TPSA) is 139 Å². The standard InChI is InChI=1S/C28H30F3N3O.C27H28F3N3O.C26H27Cl2NO2/c1-17-26-24(23-9-4-3-6-19(23)15-25(26)27(35)34(2)33-17)13-12-22-11-10-20(16-32-22)18-7-5-8-21(14-18)28(29,30)31;1-16-25-23(22-8-3-2-5-18(22)14-24(25)26(34)33-32-16)12-11-21-10-9-19(15-31-21)17-6-4-7-20(13-17)27(28,29)30;1-15-25-21(20-5-3-2-4-16(20)12-24(25)31-26(15)30)10-9-19-8-6-17(14-29-19)22-13-18(27)7-11-23(22)28/h5,7-8,10-14,16,19,23-26H,3-4,6,9,15H2,1-2H3;4,6-7,9-13,15,18,22-25H,2-3,5,8,14H2,1H3,(H,33,34);6-11,13-16,20-21,24-25H,2-5,12H2,1H3/b13-12+;12-11+;10-9+/t19-,23+,24-,25+,26+;18-,22+,23-,24+,25+;15-,16-,20+,21-,24+,25+/m000/s1. The second-order valence-corrected chi connectivity index (χ2v) is 30.1. The summed E-state index contributed by atoms with van der Waals surface area (Å²) >= 11 is 12.5. The van der Waals surface area contributed by atoms with Crippen molar-refractivity contribution in [2.24, 2.45) is 99.0 Å². The predicted octanol–water partition coefficient (Wildman–Crippen LogP) is 20.1. The van der Waals surface area contributed by atoms with Crippen molar-refractivity contribution in [2.45, 2.75) is 136 Å². The molecular weight excluding hydrogens is 1320 g/mol. The van der Waals surface area contributed by atoms with Gasteiger partial charge in [-0.15, -0.1) is 0 Å². The molecule has 0 unspecified atom stereocenters. The Balaban J connectivity index is 0.000000135. The Kier molecular flexibility index (Phi) is 21.2. The van der Waals surface area contributed by atoms with Crippen LogP contribution in [-0.4, -0.2) is 62.3 Å². The molecule has 1 N–H and O–H groups in total. The number of hydrazone groups is 2. The SMILES string of the molecule is CC1=NN(C)C(=O)[C@@H]2C[C@@H]3CCCC[C@H]3[C@H](/C=C/c3ccc(-c4cccc(C(F)(F)F)c4)cn3)[C@@H]12.CC1=NNC(=O)[C@@H]2C[C@@H]3CCCC[C@H]3[C@H](/C=C/c3ccc(-c4cccc(C(F)(F)F)c4)cn3)[C@@H]12.C[C@@H]1C(=O)O[C@@H]2C[C@@H]3CCCC[C@H]3[C@H](/C=C/c3ccc(-c4cc(Cl)ccc4Cl)cn3)[C@@H]12. The Hall–Kier alpha value is -7.76. The van der Waals surface area contributed by atoms with E-state index < -0.39 is 23.5 Å². The fourth-order valence-corrected chi connectivity index (χ4v) is 19.2. The number of esters is 1. The van der Waals surface area contributed by atoms with Crippen molar-refractivity contribution < 1.29 is 45.5 Å². The maximum Gasteiger partial charge on any atom is 0.416 e. The van der Waals surface area contributed by atoms with Crippen LogP contribution in [0.3, 0.4) is 0 Å². The summed E-state index contributed by atoms with van der Waals surface area (Å²) in [4.78, 5) is 51.5. The number of fused-ring (bicyclic) bond motifs is 6. The Morgan fingerprint density at radius 1 is 0.540 bits per heavy atom. The van der Waals surface area contributed by atoms with Crippen LogP contribution in [0.25, 0.3) is 51.6 Å². The average molecular weight is 1410 g/mol. The van der Waals surface area contributed by atoms with Gasteiger partial charge in [-0.1, -0.05) is 149 Å². The highest BCUT2D eigenvalue weighted by molar-refractivity contribution is 6.35. The highest BCUT2D eigenvalue weighted by atomic mass is 35.5. The van der Waals surface area contributed by atoms with Gasteiger partial charge in [0.1, 0.15) is 6.10 Å². The van der Waals surface area contributed by atoms with Crippen molar-refractivity contribution >= 4 is 70.6 Å². The van der Waals surface area contributed by atoms with Gasteiger partial charge in [-0.3, -0.25) is 29.3 Å². The van der Waals surface area contributed by atoms with Crippen LogP contribution in [0.15, 0.2) is 150 Å². The monoisotopic (exact) mass is 1400 g/mol. The number of hydrogen-bond donors (Lipinski definition) is 1. The van der Waals surface area contributed by atoms with Gasteiger partial charge >= 0.3 is 18.3 Å². The molecule has 16 atom stereocenters. The first-order chi connectivity index (χ1) is 48.0. The van der Waals surface area contributed by atoms with E-state index in [-0.39, 0.29) is 71.2 Å². The molecule has 100 heavy (non-hydrogen) atoms. The Bertz CT molecular complexity index is 4120. The Morgan fingerprint density at radius 2 is 1.01 bits per heavy atom. The lowest BCUT2D eigenvalue weighted by molar-refractivity contribution is -0.145. The van der Waals surface area contributed by atoms with Crippen molar-refractivity contribution in [2.75, 3.05) is 7.05 Å². The van der Waals surface area contributed by atoms with Crippen molar-refractivity contribution in [3.05, 3.63) is 178 Å².